The Balaban J connectivity index is 1.83. The minimum absolute atomic E-state index is 0.169. The molecule has 0 aromatic heterocycles. The summed E-state index contributed by atoms with van der Waals surface area (Å²) in [6, 6.07) is 10.1. The smallest absolute Gasteiger partial charge is 0.240 e. The molecule has 5 nitrogen and oxygen atoms in total. The Labute approximate surface area is 144 Å². The van der Waals surface area contributed by atoms with E-state index in [2.05, 4.69) is 4.72 Å². The average molecular weight is 372 g/mol. The van der Waals surface area contributed by atoms with Gasteiger partial charge in [-0.2, -0.15) is 0 Å². The number of para-hydroxylation sites is 1. The number of hydrogen-bond acceptors (Lipinski definition) is 4. The van der Waals surface area contributed by atoms with E-state index in [9.17, 15) is 17.9 Å². The van der Waals surface area contributed by atoms with E-state index in [4.69, 9.17) is 16.3 Å². The molecular weight excluding hydrogens is 357 g/mol. The highest BCUT2D eigenvalue weighted by Gasteiger charge is 2.36. The van der Waals surface area contributed by atoms with Crippen molar-refractivity contribution in [1.82, 2.24) is 4.72 Å². The Morgan fingerprint density at radius 2 is 2.04 bits per heavy atom. The van der Waals surface area contributed by atoms with Crippen LogP contribution in [0.2, 0.25) is 5.02 Å². The number of rotatable bonds is 4. The average Bonchev–Trinajstić information content (AvgIpc) is 2.56. The zero-order valence-electron chi connectivity index (χ0n) is 12.5. The summed E-state index contributed by atoms with van der Waals surface area (Å²) in [4.78, 5) is -0.169. The number of hydrogen-bond donors (Lipinski definition) is 2. The van der Waals surface area contributed by atoms with Gasteiger partial charge in [-0.05, 0) is 24.3 Å². The van der Waals surface area contributed by atoms with Crippen molar-refractivity contribution < 1.29 is 22.7 Å². The molecule has 0 saturated heterocycles. The predicted octanol–water partition coefficient (Wildman–Crippen LogP) is 2.43. The van der Waals surface area contributed by atoms with Gasteiger partial charge >= 0.3 is 0 Å². The summed E-state index contributed by atoms with van der Waals surface area (Å²) in [6.07, 6.45) is 0.247. The molecule has 1 unspecified atom stereocenters. The van der Waals surface area contributed by atoms with E-state index in [1.54, 1.807) is 24.3 Å². The molecule has 2 aromatic carbocycles. The number of aliphatic hydroxyl groups is 1. The monoisotopic (exact) mass is 371 g/mol. The second kappa shape index (κ2) is 6.33. The minimum atomic E-state index is -3.94. The van der Waals surface area contributed by atoms with Crippen molar-refractivity contribution in [2.75, 3.05) is 13.2 Å². The molecule has 128 valence electrons. The van der Waals surface area contributed by atoms with Crippen molar-refractivity contribution in [2.45, 2.75) is 16.9 Å². The number of fused-ring (bicyclic) bond motifs is 1. The van der Waals surface area contributed by atoms with Crippen molar-refractivity contribution in [3.8, 4) is 5.75 Å². The van der Waals surface area contributed by atoms with Gasteiger partial charge in [-0.3, -0.25) is 0 Å². The van der Waals surface area contributed by atoms with Crippen LogP contribution in [0.3, 0.4) is 0 Å². The lowest BCUT2D eigenvalue weighted by Gasteiger charge is -2.34. The number of sulfonamides is 1. The SMILES string of the molecule is O=S(=O)(NCC1(O)CCOc2ccccc21)c1ccc(F)c(Cl)c1. The first-order valence-electron chi connectivity index (χ1n) is 7.21. The van der Waals surface area contributed by atoms with Gasteiger partial charge in [0.1, 0.15) is 17.2 Å². The van der Waals surface area contributed by atoms with Gasteiger partial charge in [0.15, 0.2) is 0 Å². The quantitative estimate of drug-likeness (QED) is 0.865. The van der Waals surface area contributed by atoms with Crippen LogP contribution in [-0.4, -0.2) is 26.7 Å². The van der Waals surface area contributed by atoms with E-state index in [0.717, 1.165) is 18.2 Å². The molecule has 8 heteroatoms. The van der Waals surface area contributed by atoms with Crippen LogP contribution in [0.15, 0.2) is 47.4 Å². The van der Waals surface area contributed by atoms with Crippen LogP contribution in [0.25, 0.3) is 0 Å². The van der Waals surface area contributed by atoms with E-state index in [-0.39, 0.29) is 29.5 Å². The third-order valence-electron chi connectivity index (χ3n) is 3.92. The fourth-order valence-electron chi connectivity index (χ4n) is 2.57. The van der Waals surface area contributed by atoms with Gasteiger partial charge in [0, 0.05) is 18.5 Å². The van der Waals surface area contributed by atoms with Crippen LogP contribution >= 0.6 is 11.6 Å². The molecular formula is C16H15ClFNO4S. The van der Waals surface area contributed by atoms with Crippen molar-refractivity contribution in [3.63, 3.8) is 0 Å². The molecule has 0 spiro atoms. The van der Waals surface area contributed by atoms with Crippen molar-refractivity contribution in [2.24, 2.45) is 0 Å². The molecule has 0 fully saturated rings. The largest absolute Gasteiger partial charge is 0.493 e. The lowest BCUT2D eigenvalue weighted by molar-refractivity contribution is 0.00219. The summed E-state index contributed by atoms with van der Waals surface area (Å²) in [5.41, 5.74) is -0.859. The standard InChI is InChI=1S/C16H15ClFNO4S/c17-13-9-11(5-6-14(13)18)24(21,22)19-10-16(20)7-8-23-15-4-2-1-3-12(15)16/h1-6,9,19-20H,7-8,10H2. The lowest BCUT2D eigenvalue weighted by atomic mass is 9.88. The maximum Gasteiger partial charge on any atom is 0.240 e. The maximum atomic E-state index is 13.2. The van der Waals surface area contributed by atoms with Gasteiger partial charge in [-0.1, -0.05) is 29.8 Å². The molecule has 0 radical (unpaired) electrons. The van der Waals surface area contributed by atoms with Gasteiger partial charge in [0.05, 0.1) is 16.5 Å². The summed E-state index contributed by atoms with van der Waals surface area (Å²) in [5, 5.41) is 10.6. The summed E-state index contributed by atoms with van der Waals surface area (Å²) < 4.78 is 45.7. The molecule has 1 aliphatic rings. The van der Waals surface area contributed by atoms with Crippen LogP contribution in [0.1, 0.15) is 12.0 Å². The van der Waals surface area contributed by atoms with Gasteiger partial charge in [0.2, 0.25) is 10.0 Å². The topological polar surface area (TPSA) is 75.6 Å². The summed E-state index contributed by atoms with van der Waals surface area (Å²) >= 11 is 5.63. The third-order valence-corrected chi connectivity index (χ3v) is 5.61. The number of ether oxygens (including phenoxy) is 1. The first kappa shape index (κ1) is 17.2. The highest BCUT2D eigenvalue weighted by Crippen LogP contribution is 2.36. The molecule has 0 aliphatic carbocycles. The van der Waals surface area contributed by atoms with Crippen LogP contribution < -0.4 is 9.46 Å². The molecule has 24 heavy (non-hydrogen) atoms. The van der Waals surface area contributed by atoms with Crippen LogP contribution in [0, 0.1) is 5.82 Å². The molecule has 2 N–H and O–H groups in total. The second-order valence-corrected chi connectivity index (χ2v) is 7.70. The number of nitrogens with one attached hydrogen (secondary N) is 1. The molecule has 1 heterocycles. The molecule has 0 bridgehead atoms. The summed E-state index contributed by atoms with van der Waals surface area (Å²) in [6.45, 7) is 0.0440. The van der Waals surface area contributed by atoms with E-state index in [1.807, 2.05) is 0 Å². The molecule has 0 saturated carbocycles. The normalized spacial score (nSPS) is 20.3. The number of halogens is 2. The molecule has 2 aromatic rings. The van der Waals surface area contributed by atoms with Crippen molar-refractivity contribution in [3.05, 3.63) is 58.9 Å². The fraction of sp³-hybridized carbons (Fsp3) is 0.250. The first-order valence-corrected chi connectivity index (χ1v) is 9.07. The number of benzene rings is 2. The molecule has 1 aliphatic heterocycles. The highest BCUT2D eigenvalue weighted by atomic mass is 35.5. The molecule has 3 rings (SSSR count). The van der Waals surface area contributed by atoms with Gasteiger partial charge < -0.3 is 9.84 Å². The maximum absolute atomic E-state index is 13.2. The molecule has 1 atom stereocenters. The van der Waals surface area contributed by atoms with Crippen LogP contribution in [-0.2, 0) is 15.6 Å². The predicted molar refractivity (Wildman–Crippen MR) is 87.0 cm³/mol. The summed E-state index contributed by atoms with van der Waals surface area (Å²) in [7, 11) is -3.94. The van der Waals surface area contributed by atoms with E-state index in [1.165, 1.54) is 0 Å². The zero-order chi connectivity index (χ0) is 17.4. The minimum Gasteiger partial charge on any atom is -0.493 e. The Morgan fingerprint density at radius 3 is 2.79 bits per heavy atom. The van der Waals surface area contributed by atoms with Crippen LogP contribution in [0.5, 0.6) is 5.75 Å². The van der Waals surface area contributed by atoms with Gasteiger partial charge in [-0.15, -0.1) is 0 Å². The Morgan fingerprint density at radius 1 is 1.29 bits per heavy atom. The fourth-order valence-corrected chi connectivity index (χ4v) is 3.93. The van der Waals surface area contributed by atoms with Gasteiger partial charge in [0.25, 0.3) is 0 Å². The third kappa shape index (κ3) is 3.25. The lowest BCUT2D eigenvalue weighted by Crippen LogP contribution is -2.43. The summed E-state index contributed by atoms with van der Waals surface area (Å²) in [5.74, 6) is -0.178. The Bertz CT molecular complexity index is 874. The zero-order valence-corrected chi connectivity index (χ0v) is 14.1. The van der Waals surface area contributed by atoms with Crippen molar-refractivity contribution >= 4 is 21.6 Å². The molecule has 0 amide bonds. The van der Waals surface area contributed by atoms with E-state index >= 15 is 0 Å². The first-order chi connectivity index (χ1) is 11.3. The Kier molecular flexibility index (Phi) is 4.52. The van der Waals surface area contributed by atoms with Gasteiger partial charge in [-0.25, -0.2) is 17.5 Å². The van der Waals surface area contributed by atoms with E-state index < -0.39 is 21.4 Å². The Hall–Kier alpha value is -1.67. The van der Waals surface area contributed by atoms with Crippen LogP contribution in [0.4, 0.5) is 4.39 Å². The second-order valence-electron chi connectivity index (χ2n) is 5.53. The van der Waals surface area contributed by atoms with Crippen molar-refractivity contribution in [1.29, 1.82) is 0 Å². The highest BCUT2D eigenvalue weighted by molar-refractivity contribution is 7.89. The van der Waals surface area contributed by atoms with E-state index in [0.29, 0.717) is 11.3 Å².